The van der Waals surface area contributed by atoms with E-state index in [9.17, 15) is 14.0 Å². The molecule has 0 N–H and O–H groups in total. The van der Waals surface area contributed by atoms with Gasteiger partial charge >= 0.3 is 0 Å². The van der Waals surface area contributed by atoms with E-state index in [4.69, 9.17) is 0 Å². The van der Waals surface area contributed by atoms with Gasteiger partial charge in [-0.05, 0) is 43.5 Å². The van der Waals surface area contributed by atoms with Crippen LogP contribution < -0.4 is 0 Å². The summed E-state index contributed by atoms with van der Waals surface area (Å²) in [5.41, 5.74) is 1.93. The van der Waals surface area contributed by atoms with Crippen molar-refractivity contribution in [1.82, 2.24) is 14.8 Å². The molecule has 0 radical (unpaired) electrons. The molecule has 0 unspecified atom stereocenters. The summed E-state index contributed by atoms with van der Waals surface area (Å²) in [4.78, 5) is 33.1. The first kappa shape index (κ1) is 16.0. The van der Waals surface area contributed by atoms with Crippen molar-refractivity contribution in [2.45, 2.75) is 31.2 Å². The summed E-state index contributed by atoms with van der Waals surface area (Å²) in [5, 5.41) is 0.500. The normalized spacial score (nSPS) is 20.4. The van der Waals surface area contributed by atoms with E-state index in [2.05, 4.69) is 4.98 Å². The second-order valence-electron chi connectivity index (χ2n) is 7.01. The van der Waals surface area contributed by atoms with Crippen LogP contribution >= 0.6 is 0 Å². The molecule has 5 nitrogen and oxygen atoms in total. The largest absolute Gasteiger partial charge is 0.344 e. The Morgan fingerprint density at radius 2 is 2.04 bits per heavy atom. The summed E-state index contributed by atoms with van der Waals surface area (Å²) in [6.45, 7) is 0.639. The zero-order chi connectivity index (χ0) is 17.7. The minimum Gasteiger partial charge on any atom is -0.344 e. The van der Waals surface area contributed by atoms with Crippen molar-refractivity contribution >= 4 is 22.7 Å². The lowest BCUT2D eigenvalue weighted by atomic mass is 10.0. The Labute approximate surface area is 145 Å². The minimum absolute atomic E-state index is 0.0530. The summed E-state index contributed by atoms with van der Waals surface area (Å²) in [6, 6.07) is 5.64. The monoisotopic (exact) mass is 341 g/mol. The van der Waals surface area contributed by atoms with Crippen LogP contribution in [-0.4, -0.2) is 53.3 Å². The molecule has 1 aliphatic heterocycles. The molecule has 2 amide bonds. The highest BCUT2D eigenvalue weighted by Crippen LogP contribution is 2.40. The van der Waals surface area contributed by atoms with Crippen molar-refractivity contribution in [2.75, 3.05) is 20.6 Å². The molecule has 1 saturated carbocycles. The molecule has 0 bridgehead atoms. The number of likely N-dealkylation sites (N-methyl/N-ethyl adjacent to an activating group) is 2. The number of halogens is 1. The number of carbonyl (C=O) groups is 2. The molecule has 0 spiro atoms. The van der Waals surface area contributed by atoms with E-state index in [-0.39, 0.29) is 11.8 Å². The lowest BCUT2D eigenvalue weighted by molar-refractivity contribution is -0.130. The van der Waals surface area contributed by atoms with Gasteiger partial charge in [0.05, 0.1) is 11.1 Å². The molecule has 25 heavy (non-hydrogen) atoms. The Morgan fingerprint density at radius 3 is 2.68 bits per heavy atom. The lowest BCUT2D eigenvalue weighted by Gasteiger charge is -2.24. The number of aromatic nitrogens is 1. The Morgan fingerprint density at radius 1 is 1.28 bits per heavy atom. The Balaban J connectivity index is 1.77. The third-order valence-electron chi connectivity index (χ3n) is 5.20. The minimum atomic E-state index is -0.460. The first-order valence-electron chi connectivity index (χ1n) is 8.58. The van der Waals surface area contributed by atoms with E-state index in [0.717, 1.165) is 18.5 Å². The molecule has 1 aromatic carbocycles. The second-order valence-corrected chi connectivity index (χ2v) is 7.01. The molecule has 1 aromatic heterocycles. The van der Waals surface area contributed by atoms with Crippen LogP contribution in [0.3, 0.4) is 0 Å². The number of nitrogens with zero attached hydrogens (tertiary/aromatic N) is 3. The molecule has 4 rings (SSSR count). The molecular weight excluding hydrogens is 321 g/mol. The van der Waals surface area contributed by atoms with Gasteiger partial charge in [0, 0.05) is 37.6 Å². The van der Waals surface area contributed by atoms with Crippen molar-refractivity contribution < 1.29 is 14.0 Å². The Kier molecular flexibility index (Phi) is 3.71. The van der Waals surface area contributed by atoms with Gasteiger partial charge in [-0.3, -0.25) is 14.6 Å². The molecular formula is C19H20FN3O2. The van der Waals surface area contributed by atoms with E-state index in [1.807, 2.05) is 0 Å². The quantitative estimate of drug-likeness (QED) is 0.862. The number of benzene rings is 1. The second kappa shape index (κ2) is 5.79. The van der Waals surface area contributed by atoms with Gasteiger partial charge in [-0.25, -0.2) is 4.39 Å². The van der Waals surface area contributed by atoms with Crippen molar-refractivity contribution in [3.8, 4) is 0 Å². The highest BCUT2D eigenvalue weighted by atomic mass is 19.1. The topological polar surface area (TPSA) is 53.5 Å². The van der Waals surface area contributed by atoms with Crippen LogP contribution in [0.4, 0.5) is 4.39 Å². The van der Waals surface area contributed by atoms with Crippen molar-refractivity contribution in [3.05, 3.63) is 41.3 Å². The van der Waals surface area contributed by atoms with Gasteiger partial charge in [0.25, 0.3) is 5.91 Å². The lowest BCUT2D eigenvalue weighted by Crippen LogP contribution is -2.42. The van der Waals surface area contributed by atoms with Crippen LogP contribution in [0.2, 0.25) is 0 Å². The number of hydrogen-bond acceptors (Lipinski definition) is 3. The summed E-state index contributed by atoms with van der Waals surface area (Å²) < 4.78 is 13.8. The fourth-order valence-electron chi connectivity index (χ4n) is 3.48. The van der Waals surface area contributed by atoms with Gasteiger partial charge in [-0.2, -0.15) is 0 Å². The summed E-state index contributed by atoms with van der Waals surface area (Å²) in [5.74, 6) is -0.330. The van der Waals surface area contributed by atoms with Crippen molar-refractivity contribution in [1.29, 1.82) is 0 Å². The summed E-state index contributed by atoms with van der Waals surface area (Å²) in [6.07, 6.45) is 2.74. The predicted octanol–water partition coefficient (Wildman–Crippen LogP) is 2.55. The highest BCUT2D eigenvalue weighted by molar-refractivity contribution is 6.07. The van der Waals surface area contributed by atoms with E-state index in [1.165, 1.54) is 17.0 Å². The molecule has 1 aliphatic carbocycles. The van der Waals surface area contributed by atoms with Gasteiger partial charge in [0.1, 0.15) is 11.9 Å². The average Bonchev–Trinajstić information content (AvgIpc) is 3.40. The molecule has 2 aliphatic rings. The molecule has 2 heterocycles. The van der Waals surface area contributed by atoms with Crippen LogP contribution in [0.1, 0.15) is 41.2 Å². The van der Waals surface area contributed by atoms with Crippen LogP contribution in [0.5, 0.6) is 0 Å². The van der Waals surface area contributed by atoms with Crippen LogP contribution in [0, 0.1) is 5.82 Å². The highest BCUT2D eigenvalue weighted by Gasteiger charge is 2.36. The molecule has 2 fully saturated rings. The van der Waals surface area contributed by atoms with Gasteiger partial charge in [0.15, 0.2) is 0 Å². The molecule has 1 atom stereocenters. The fraction of sp³-hybridized carbons (Fsp3) is 0.421. The van der Waals surface area contributed by atoms with E-state index in [1.54, 1.807) is 31.1 Å². The van der Waals surface area contributed by atoms with Crippen LogP contribution in [-0.2, 0) is 4.79 Å². The standard InChI is InChI=1S/C19H20FN3O2/c1-22-8-7-17(19(22)25)23(2)18(24)14-10-16(11-3-4-11)21-15-6-5-12(20)9-13(14)15/h5-6,9-11,17H,3-4,7-8H2,1-2H3/t17-/m0/s1. The van der Waals surface area contributed by atoms with Gasteiger partial charge in [-0.1, -0.05) is 0 Å². The predicted molar refractivity (Wildman–Crippen MR) is 91.8 cm³/mol. The number of hydrogen-bond donors (Lipinski definition) is 0. The van der Waals surface area contributed by atoms with Gasteiger partial charge in [-0.15, -0.1) is 0 Å². The van der Waals surface area contributed by atoms with E-state index < -0.39 is 11.9 Å². The maximum Gasteiger partial charge on any atom is 0.255 e. The molecule has 130 valence electrons. The maximum absolute atomic E-state index is 13.8. The third kappa shape index (κ3) is 2.75. The fourth-order valence-corrected chi connectivity index (χ4v) is 3.48. The number of likely N-dealkylation sites (tertiary alicyclic amines) is 1. The van der Waals surface area contributed by atoms with Crippen molar-refractivity contribution in [2.24, 2.45) is 0 Å². The smallest absolute Gasteiger partial charge is 0.255 e. The van der Waals surface area contributed by atoms with Crippen LogP contribution in [0.25, 0.3) is 10.9 Å². The van der Waals surface area contributed by atoms with Gasteiger partial charge in [0.2, 0.25) is 5.91 Å². The zero-order valence-corrected chi connectivity index (χ0v) is 14.3. The van der Waals surface area contributed by atoms with E-state index >= 15 is 0 Å². The van der Waals surface area contributed by atoms with Gasteiger partial charge < -0.3 is 9.80 Å². The van der Waals surface area contributed by atoms with Crippen molar-refractivity contribution in [3.63, 3.8) is 0 Å². The first-order chi connectivity index (χ1) is 12.0. The average molecular weight is 341 g/mol. The summed E-state index contributed by atoms with van der Waals surface area (Å²) >= 11 is 0. The van der Waals surface area contributed by atoms with E-state index in [0.29, 0.717) is 35.3 Å². The molecule has 6 heteroatoms. The number of rotatable bonds is 3. The number of carbonyl (C=O) groups excluding carboxylic acids is 2. The maximum atomic E-state index is 13.8. The summed E-state index contributed by atoms with van der Waals surface area (Å²) in [7, 11) is 3.38. The number of pyridine rings is 1. The zero-order valence-electron chi connectivity index (χ0n) is 14.3. The SMILES string of the molecule is CN1CC[C@H](N(C)C(=O)c2cc(C3CC3)nc3ccc(F)cc23)C1=O. The molecule has 2 aromatic rings. The molecule has 1 saturated heterocycles. The number of fused-ring (bicyclic) bond motifs is 1. The Hall–Kier alpha value is -2.50. The first-order valence-corrected chi connectivity index (χ1v) is 8.58. The third-order valence-corrected chi connectivity index (χ3v) is 5.20. The van der Waals surface area contributed by atoms with Crippen LogP contribution in [0.15, 0.2) is 24.3 Å². The number of amides is 2. The Bertz CT molecular complexity index is 878.